The van der Waals surface area contributed by atoms with Gasteiger partial charge >= 0.3 is 0 Å². The van der Waals surface area contributed by atoms with Gasteiger partial charge in [-0.15, -0.1) is 0 Å². The Morgan fingerprint density at radius 3 is 2.73 bits per heavy atom. The molecule has 26 heavy (non-hydrogen) atoms. The minimum atomic E-state index is 0.514. The number of benzene rings is 1. The van der Waals surface area contributed by atoms with Crippen molar-refractivity contribution < 1.29 is 4.74 Å². The van der Waals surface area contributed by atoms with Gasteiger partial charge in [0.05, 0.1) is 4.70 Å². The summed E-state index contributed by atoms with van der Waals surface area (Å²) in [6, 6.07) is 8.26. The van der Waals surface area contributed by atoms with Gasteiger partial charge in [-0.1, -0.05) is 17.4 Å². The third-order valence-corrected chi connectivity index (χ3v) is 5.46. The monoisotopic (exact) mass is 370 g/mol. The highest BCUT2D eigenvalue weighted by atomic mass is 32.1. The van der Waals surface area contributed by atoms with E-state index in [2.05, 4.69) is 38.6 Å². The summed E-state index contributed by atoms with van der Waals surface area (Å²) in [6.45, 7) is 8.44. The number of rotatable bonds is 4. The molecule has 0 bridgehead atoms. The molecule has 1 aliphatic rings. The van der Waals surface area contributed by atoms with Crippen LogP contribution in [0, 0.1) is 0 Å². The molecule has 0 spiro atoms. The van der Waals surface area contributed by atoms with E-state index in [0.29, 0.717) is 22.8 Å². The molecule has 4 rings (SSSR count). The number of hydrogen-bond acceptors (Lipinski definition) is 8. The van der Waals surface area contributed by atoms with Gasteiger partial charge in [0.15, 0.2) is 10.9 Å². The molecule has 0 atom stereocenters. The maximum absolute atomic E-state index is 6.00. The first kappa shape index (κ1) is 17.0. The Hall–Kier alpha value is -2.45. The lowest BCUT2D eigenvalue weighted by Crippen LogP contribution is -2.49. The third-order valence-electron chi connectivity index (χ3n) is 4.61. The molecule has 2 aromatic heterocycles. The standard InChI is InChI=1S/C18H22N6OS/c1-12(2)23-6-8-24(9-7-23)15-10-16(21-11-20-15)25-13-4-3-5-14-17(13)22-18(19)26-14/h3-5,10-12H,6-9H2,1-2H3,(H2,19,22). The third kappa shape index (κ3) is 3.42. The number of nitrogens with two attached hydrogens (primary N) is 1. The molecule has 0 radical (unpaired) electrons. The van der Waals surface area contributed by atoms with E-state index in [1.165, 1.54) is 11.3 Å². The van der Waals surface area contributed by atoms with Crippen molar-refractivity contribution in [1.29, 1.82) is 0 Å². The van der Waals surface area contributed by atoms with E-state index in [0.717, 1.165) is 42.2 Å². The van der Waals surface area contributed by atoms with E-state index in [1.54, 1.807) is 6.33 Å². The van der Waals surface area contributed by atoms with Gasteiger partial charge in [-0.3, -0.25) is 4.90 Å². The largest absolute Gasteiger partial charge is 0.437 e. The van der Waals surface area contributed by atoms with Crippen molar-refractivity contribution >= 4 is 32.5 Å². The summed E-state index contributed by atoms with van der Waals surface area (Å²) in [6.07, 6.45) is 1.55. The molecule has 3 aromatic rings. The molecule has 0 saturated carbocycles. The normalized spacial score (nSPS) is 15.7. The number of aromatic nitrogens is 3. The lowest BCUT2D eigenvalue weighted by molar-refractivity contribution is 0.209. The number of fused-ring (bicyclic) bond motifs is 1. The van der Waals surface area contributed by atoms with E-state index < -0.39 is 0 Å². The number of nitrogen functional groups attached to an aromatic ring is 1. The van der Waals surface area contributed by atoms with Crippen molar-refractivity contribution in [2.75, 3.05) is 36.8 Å². The summed E-state index contributed by atoms with van der Waals surface area (Å²) in [7, 11) is 0. The van der Waals surface area contributed by atoms with Crippen LogP contribution in [0.25, 0.3) is 10.2 Å². The quantitative estimate of drug-likeness (QED) is 0.756. The average Bonchev–Trinajstić information content (AvgIpc) is 3.03. The summed E-state index contributed by atoms with van der Waals surface area (Å²) >= 11 is 1.45. The molecule has 2 N–H and O–H groups in total. The Balaban J connectivity index is 1.53. The number of ether oxygens (including phenoxy) is 1. The second kappa shape index (κ2) is 7.05. The second-order valence-corrected chi connectivity index (χ2v) is 7.65. The smallest absolute Gasteiger partial charge is 0.224 e. The lowest BCUT2D eigenvalue weighted by atomic mass is 10.2. The van der Waals surface area contributed by atoms with Crippen molar-refractivity contribution in [3.05, 3.63) is 30.6 Å². The number of thiazole rings is 1. The Labute approximate surface area is 156 Å². The fraction of sp³-hybridized carbons (Fsp3) is 0.389. The highest BCUT2D eigenvalue weighted by molar-refractivity contribution is 7.22. The van der Waals surface area contributed by atoms with E-state index in [1.807, 2.05) is 24.3 Å². The molecule has 1 aromatic carbocycles. The maximum atomic E-state index is 6.00. The molecular formula is C18H22N6OS. The second-order valence-electron chi connectivity index (χ2n) is 6.59. The number of piperazine rings is 1. The molecule has 0 unspecified atom stereocenters. The van der Waals surface area contributed by atoms with Gasteiger partial charge < -0.3 is 15.4 Å². The first-order valence-corrected chi connectivity index (χ1v) is 9.56. The predicted molar refractivity (Wildman–Crippen MR) is 105 cm³/mol. The molecule has 1 aliphatic heterocycles. The number of nitrogens with zero attached hydrogens (tertiary/aromatic N) is 5. The number of hydrogen-bond donors (Lipinski definition) is 1. The van der Waals surface area contributed by atoms with Crippen LogP contribution in [0.5, 0.6) is 11.6 Å². The van der Waals surface area contributed by atoms with Crippen molar-refractivity contribution in [1.82, 2.24) is 19.9 Å². The van der Waals surface area contributed by atoms with Crippen LogP contribution in [-0.2, 0) is 0 Å². The summed E-state index contributed by atoms with van der Waals surface area (Å²) in [5, 5.41) is 0.530. The molecule has 0 aliphatic carbocycles. The van der Waals surface area contributed by atoms with Crippen LogP contribution in [-0.4, -0.2) is 52.1 Å². The molecule has 0 amide bonds. The molecule has 1 saturated heterocycles. The zero-order valence-electron chi connectivity index (χ0n) is 14.9. The van der Waals surface area contributed by atoms with E-state index in [9.17, 15) is 0 Å². The van der Waals surface area contributed by atoms with Crippen LogP contribution in [0.15, 0.2) is 30.6 Å². The number of anilines is 2. The minimum Gasteiger partial charge on any atom is -0.437 e. The Kier molecular flexibility index (Phi) is 4.60. The van der Waals surface area contributed by atoms with Gasteiger partial charge in [-0.25, -0.2) is 15.0 Å². The zero-order chi connectivity index (χ0) is 18.1. The van der Waals surface area contributed by atoms with Gasteiger partial charge in [0.1, 0.15) is 17.7 Å². The van der Waals surface area contributed by atoms with E-state index >= 15 is 0 Å². The van der Waals surface area contributed by atoms with Gasteiger partial charge in [-0.05, 0) is 26.0 Å². The highest BCUT2D eigenvalue weighted by Gasteiger charge is 2.20. The fourth-order valence-corrected chi connectivity index (χ4v) is 3.91. The molecule has 1 fully saturated rings. The Morgan fingerprint density at radius 2 is 1.96 bits per heavy atom. The van der Waals surface area contributed by atoms with Crippen LogP contribution >= 0.6 is 11.3 Å². The molecule has 3 heterocycles. The molecule has 136 valence electrons. The first-order chi connectivity index (χ1) is 12.6. The minimum absolute atomic E-state index is 0.514. The van der Waals surface area contributed by atoms with Gasteiger partial charge in [0.2, 0.25) is 5.88 Å². The van der Waals surface area contributed by atoms with E-state index in [-0.39, 0.29) is 0 Å². The summed E-state index contributed by atoms with van der Waals surface area (Å²) in [4.78, 5) is 17.8. The van der Waals surface area contributed by atoms with Crippen LogP contribution in [0.3, 0.4) is 0 Å². The maximum Gasteiger partial charge on any atom is 0.224 e. The summed E-state index contributed by atoms with van der Waals surface area (Å²) in [5.74, 6) is 2.06. The van der Waals surface area contributed by atoms with Crippen LogP contribution < -0.4 is 15.4 Å². The Morgan fingerprint density at radius 1 is 1.15 bits per heavy atom. The van der Waals surface area contributed by atoms with Crippen LogP contribution in [0.1, 0.15) is 13.8 Å². The Bertz CT molecular complexity index is 904. The first-order valence-electron chi connectivity index (χ1n) is 8.74. The summed E-state index contributed by atoms with van der Waals surface area (Å²) in [5.41, 5.74) is 6.59. The fourth-order valence-electron chi connectivity index (χ4n) is 3.16. The van der Waals surface area contributed by atoms with Crippen molar-refractivity contribution in [3.8, 4) is 11.6 Å². The van der Waals surface area contributed by atoms with Gasteiger partial charge in [-0.2, -0.15) is 0 Å². The van der Waals surface area contributed by atoms with E-state index in [4.69, 9.17) is 10.5 Å². The SMILES string of the molecule is CC(C)N1CCN(c2cc(Oc3cccc4sc(N)nc34)ncn2)CC1. The van der Waals surface area contributed by atoms with Crippen LogP contribution in [0.2, 0.25) is 0 Å². The lowest BCUT2D eigenvalue weighted by Gasteiger charge is -2.37. The highest BCUT2D eigenvalue weighted by Crippen LogP contribution is 2.33. The van der Waals surface area contributed by atoms with Crippen molar-refractivity contribution in [2.24, 2.45) is 0 Å². The average molecular weight is 370 g/mol. The predicted octanol–water partition coefficient (Wildman–Crippen LogP) is 2.99. The van der Waals surface area contributed by atoms with Crippen molar-refractivity contribution in [2.45, 2.75) is 19.9 Å². The van der Waals surface area contributed by atoms with Crippen molar-refractivity contribution in [3.63, 3.8) is 0 Å². The summed E-state index contributed by atoms with van der Waals surface area (Å²) < 4.78 is 7.00. The molecular weight excluding hydrogens is 348 g/mol. The number of para-hydroxylation sites is 1. The van der Waals surface area contributed by atoms with Gasteiger partial charge in [0, 0.05) is 38.3 Å². The topological polar surface area (TPSA) is 80.4 Å². The van der Waals surface area contributed by atoms with Gasteiger partial charge in [0.25, 0.3) is 0 Å². The molecule has 7 nitrogen and oxygen atoms in total. The van der Waals surface area contributed by atoms with Crippen LogP contribution in [0.4, 0.5) is 10.9 Å². The molecule has 8 heteroatoms. The zero-order valence-corrected chi connectivity index (χ0v) is 15.7.